The molecule has 2 aliphatic rings. The van der Waals surface area contributed by atoms with Gasteiger partial charge in [-0.15, -0.1) is 0 Å². The number of hydrogen-bond donors (Lipinski definition) is 1. The van der Waals surface area contributed by atoms with Crippen LogP contribution in [0.25, 0.3) is 22.3 Å². The molecule has 2 fully saturated rings. The lowest BCUT2D eigenvalue weighted by molar-refractivity contribution is -0.139. The molecule has 0 radical (unpaired) electrons. The molecule has 33 heavy (non-hydrogen) atoms. The summed E-state index contributed by atoms with van der Waals surface area (Å²) >= 11 is 0. The average molecular weight is 461 g/mol. The standard InChI is InChI=1S/C23H27F3N6O/c1-15-13-32(10-9-31(15)8-7-23(24,25)26)20-12-19(27-14-28-20)21-17-11-16(33-22(2)5-6-22)3-4-18(17)29-30-21/h3-4,11-12,14-15H,5-10,13H2,1-2H3,(H,29,30)/t15-/m0/s1. The summed E-state index contributed by atoms with van der Waals surface area (Å²) in [6, 6.07) is 7.77. The molecule has 1 atom stereocenters. The minimum absolute atomic E-state index is 0.00535. The molecule has 0 bridgehead atoms. The highest BCUT2D eigenvalue weighted by Gasteiger charge is 2.40. The number of aromatic amines is 1. The second kappa shape index (κ2) is 8.16. The third-order valence-electron chi connectivity index (χ3n) is 6.52. The van der Waals surface area contributed by atoms with Gasteiger partial charge in [0.2, 0.25) is 0 Å². The van der Waals surface area contributed by atoms with E-state index >= 15 is 0 Å². The lowest BCUT2D eigenvalue weighted by Crippen LogP contribution is -2.52. The number of alkyl halides is 3. The largest absolute Gasteiger partial charge is 0.488 e. The van der Waals surface area contributed by atoms with Gasteiger partial charge >= 0.3 is 6.18 Å². The molecule has 1 aromatic carbocycles. The van der Waals surface area contributed by atoms with E-state index in [0.29, 0.717) is 25.3 Å². The zero-order valence-corrected chi connectivity index (χ0v) is 18.7. The molecule has 7 nitrogen and oxygen atoms in total. The first-order valence-corrected chi connectivity index (χ1v) is 11.2. The molecule has 1 saturated carbocycles. The van der Waals surface area contributed by atoms with Gasteiger partial charge in [0, 0.05) is 43.7 Å². The fourth-order valence-corrected chi connectivity index (χ4v) is 4.27. The monoisotopic (exact) mass is 460 g/mol. The normalized spacial score (nSPS) is 20.9. The van der Waals surface area contributed by atoms with Gasteiger partial charge in [-0.3, -0.25) is 10.00 Å². The van der Waals surface area contributed by atoms with Gasteiger partial charge in [-0.2, -0.15) is 18.3 Å². The number of nitrogens with one attached hydrogen (secondary N) is 1. The Kier molecular flexibility index (Phi) is 5.43. The topological polar surface area (TPSA) is 70.2 Å². The van der Waals surface area contributed by atoms with Gasteiger partial charge in [0.05, 0.1) is 17.6 Å². The van der Waals surface area contributed by atoms with E-state index in [2.05, 4.69) is 32.0 Å². The van der Waals surface area contributed by atoms with Crippen molar-refractivity contribution in [3.05, 3.63) is 30.6 Å². The van der Waals surface area contributed by atoms with Crippen LogP contribution in [0, 0.1) is 0 Å². The van der Waals surface area contributed by atoms with Crippen molar-refractivity contribution in [1.29, 1.82) is 0 Å². The second-order valence-electron chi connectivity index (χ2n) is 9.29. The summed E-state index contributed by atoms with van der Waals surface area (Å²) in [6.07, 6.45) is -1.30. The Morgan fingerprint density at radius 2 is 2.00 bits per heavy atom. The Morgan fingerprint density at radius 1 is 1.18 bits per heavy atom. The lowest BCUT2D eigenvalue weighted by atomic mass is 10.1. The van der Waals surface area contributed by atoms with Crippen LogP contribution in [0.5, 0.6) is 5.75 Å². The molecular weight excluding hydrogens is 433 g/mol. The molecule has 3 heterocycles. The van der Waals surface area contributed by atoms with Crippen molar-refractivity contribution < 1.29 is 17.9 Å². The summed E-state index contributed by atoms with van der Waals surface area (Å²) in [5.74, 6) is 1.56. The minimum Gasteiger partial charge on any atom is -0.488 e. The Bertz CT molecular complexity index is 1140. The molecule has 10 heteroatoms. The van der Waals surface area contributed by atoms with Crippen LogP contribution in [0.3, 0.4) is 0 Å². The van der Waals surface area contributed by atoms with E-state index in [1.165, 1.54) is 6.33 Å². The van der Waals surface area contributed by atoms with Crippen LogP contribution in [0.1, 0.15) is 33.1 Å². The maximum atomic E-state index is 12.6. The van der Waals surface area contributed by atoms with Gasteiger partial charge in [-0.05, 0) is 44.9 Å². The van der Waals surface area contributed by atoms with E-state index in [1.54, 1.807) is 0 Å². The number of hydrogen-bond acceptors (Lipinski definition) is 6. The van der Waals surface area contributed by atoms with Crippen LogP contribution in [-0.4, -0.2) is 69.1 Å². The highest BCUT2D eigenvalue weighted by molar-refractivity contribution is 5.93. The van der Waals surface area contributed by atoms with Crippen molar-refractivity contribution in [1.82, 2.24) is 25.1 Å². The highest BCUT2D eigenvalue weighted by atomic mass is 19.4. The number of benzene rings is 1. The van der Waals surface area contributed by atoms with Gasteiger partial charge in [-0.1, -0.05) is 0 Å². The summed E-state index contributed by atoms with van der Waals surface area (Å²) < 4.78 is 43.9. The highest BCUT2D eigenvalue weighted by Crippen LogP contribution is 2.40. The first kappa shape index (κ1) is 21.9. The molecule has 1 saturated heterocycles. The fraction of sp³-hybridized carbons (Fsp3) is 0.522. The number of piperazine rings is 1. The summed E-state index contributed by atoms with van der Waals surface area (Å²) in [4.78, 5) is 12.8. The summed E-state index contributed by atoms with van der Waals surface area (Å²) in [7, 11) is 0. The maximum Gasteiger partial charge on any atom is 0.390 e. The van der Waals surface area contributed by atoms with Crippen LogP contribution in [0.4, 0.5) is 19.0 Å². The van der Waals surface area contributed by atoms with Crippen molar-refractivity contribution in [2.24, 2.45) is 0 Å². The fourth-order valence-electron chi connectivity index (χ4n) is 4.27. The minimum atomic E-state index is -4.13. The molecule has 2 aromatic heterocycles. The molecule has 1 aliphatic carbocycles. The quantitative estimate of drug-likeness (QED) is 0.588. The summed E-state index contributed by atoms with van der Waals surface area (Å²) in [6.45, 7) is 5.85. The Labute approximate surface area is 190 Å². The Balaban J connectivity index is 1.33. The number of anilines is 1. The Hall–Kier alpha value is -2.88. The predicted molar refractivity (Wildman–Crippen MR) is 119 cm³/mol. The zero-order chi connectivity index (χ0) is 23.2. The third-order valence-corrected chi connectivity index (χ3v) is 6.52. The maximum absolute atomic E-state index is 12.6. The number of nitrogens with zero attached hydrogens (tertiary/aromatic N) is 5. The van der Waals surface area contributed by atoms with Gasteiger partial charge in [0.1, 0.15) is 29.2 Å². The smallest absolute Gasteiger partial charge is 0.390 e. The van der Waals surface area contributed by atoms with Gasteiger partial charge in [-0.25, -0.2) is 9.97 Å². The number of H-pyrrole nitrogens is 1. The van der Waals surface area contributed by atoms with E-state index < -0.39 is 12.6 Å². The molecule has 0 spiro atoms. The van der Waals surface area contributed by atoms with Crippen molar-refractivity contribution in [2.75, 3.05) is 31.1 Å². The molecule has 0 amide bonds. The average Bonchev–Trinajstić information content (AvgIpc) is 3.34. The van der Waals surface area contributed by atoms with E-state index in [1.807, 2.05) is 36.1 Å². The van der Waals surface area contributed by atoms with Crippen molar-refractivity contribution in [3.8, 4) is 17.1 Å². The molecule has 1 N–H and O–H groups in total. The zero-order valence-electron chi connectivity index (χ0n) is 18.7. The van der Waals surface area contributed by atoms with Gasteiger partial charge in [0.15, 0.2) is 0 Å². The lowest BCUT2D eigenvalue weighted by Gasteiger charge is -2.40. The molecular formula is C23H27F3N6O. The van der Waals surface area contributed by atoms with Gasteiger partial charge in [0.25, 0.3) is 0 Å². The number of ether oxygens (including phenoxy) is 1. The molecule has 1 aliphatic heterocycles. The van der Waals surface area contributed by atoms with Crippen LogP contribution >= 0.6 is 0 Å². The van der Waals surface area contributed by atoms with Crippen molar-refractivity contribution in [2.45, 2.75) is 50.9 Å². The van der Waals surface area contributed by atoms with Crippen LogP contribution in [-0.2, 0) is 0 Å². The van der Waals surface area contributed by atoms with Crippen molar-refractivity contribution >= 4 is 16.7 Å². The molecule has 5 rings (SSSR count). The number of halogens is 3. The second-order valence-corrected chi connectivity index (χ2v) is 9.29. The SMILES string of the molecule is C[C@H]1CN(c2cc(-c3n[nH]c4ccc(OC5(C)CC5)cc34)ncn2)CCN1CCC(F)(F)F. The number of aromatic nitrogens is 4. The van der Waals surface area contributed by atoms with Crippen molar-refractivity contribution in [3.63, 3.8) is 0 Å². The van der Waals surface area contributed by atoms with E-state index in [9.17, 15) is 13.2 Å². The summed E-state index contributed by atoms with van der Waals surface area (Å²) in [5, 5.41) is 8.45. The first-order chi connectivity index (χ1) is 15.7. The number of fused-ring (bicyclic) bond motifs is 1. The van der Waals surface area contributed by atoms with Gasteiger partial charge < -0.3 is 9.64 Å². The molecule has 0 unspecified atom stereocenters. The molecule has 176 valence electrons. The van der Waals surface area contributed by atoms with E-state index in [0.717, 1.165) is 41.0 Å². The van der Waals surface area contributed by atoms with E-state index in [4.69, 9.17) is 4.74 Å². The predicted octanol–water partition coefficient (Wildman–Crippen LogP) is 4.41. The summed E-state index contributed by atoms with van der Waals surface area (Å²) in [5.41, 5.74) is 2.23. The first-order valence-electron chi connectivity index (χ1n) is 11.2. The van der Waals surface area contributed by atoms with E-state index in [-0.39, 0.29) is 18.2 Å². The van der Waals surface area contributed by atoms with Crippen LogP contribution in [0.15, 0.2) is 30.6 Å². The third kappa shape index (κ3) is 4.90. The van der Waals surface area contributed by atoms with Crippen LogP contribution < -0.4 is 9.64 Å². The van der Waals surface area contributed by atoms with Crippen LogP contribution in [0.2, 0.25) is 0 Å². The number of rotatable bonds is 6. The molecule has 3 aromatic rings. The Morgan fingerprint density at radius 3 is 2.73 bits per heavy atom.